The van der Waals surface area contributed by atoms with Gasteiger partial charge in [0.05, 0.1) is 13.2 Å². The van der Waals surface area contributed by atoms with Gasteiger partial charge in [0.2, 0.25) is 0 Å². The van der Waals surface area contributed by atoms with Crippen molar-refractivity contribution < 1.29 is 9.47 Å². The maximum atomic E-state index is 5.29. The standard InChI is InChI=1S/C16H36N2O2/c1-14(2)10-17-12-16(4,5)13-18(8-9-19-6)15(3)11-20-7/h14-15,17H,8-13H2,1-7H3. The Morgan fingerprint density at radius 3 is 2.25 bits per heavy atom. The van der Waals surface area contributed by atoms with Crippen molar-refractivity contribution in [2.75, 3.05) is 53.6 Å². The van der Waals surface area contributed by atoms with Gasteiger partial charge in [-0.05, 0) is 24.8 Å². The van der Waals surface area contributed by atoms with E-state index in [-0.39, 0.29) is 5.41 Å². The van der Waals surface area contributed by atoms with Gasteiger partial charge in [0.15, 0.2) is 0 Å². The molecule has 0 saturated carbocycles. The van der Waals surface area contributed by atoms with Gasteiger partial charge in [0, 0.05) is 39.9 Å². The molecule has 0 radical (unpaired) electrons. The Morgan fingerprint density at radius 2 is 1.75 bits per heavy atom. The van der Waals surface area contributed by atoms with Crippen LogP contribution in [0.5, 0.6) is 0 Å². The molecule has 0 amide bonds. The molecule has 0 rings (SSSR count). The first-order valence-electron chi connectivity index (χ1n) is 7.75. The van der Waals surface area contributed by atoms with Crippen LogP contribution in [0, 0.1) is 11.3 Å². The van der Waals surface area contributed by atoms with Crippen LogP contribution in [0.15, 0.2) is 0 Å². The number of hydrogen-bond acceptors (Lipinski definition) is 4. The quantitative estimate of drug-likeness (QED) is 0.597. The molecule has 0 aliphatic carbocycles. The highest BCUT2D eigenvalue weighted by Gasteiger charge is 2.24. The van der Waals surface area contributed by atoms with Crippen LogP contribution in [0.25, 0.3) is 0 Å². The Bertz CT molecular complexity index is 233. The lowest BCUT2D eigenvalue weighted by Gasteiger charge is -2.36. The van der Waals surface area contributed by atoms with E-state index in [9.17, 15) is 0 Å². The summed E-state index contributed by atoms with van der Waals surface area (Å²) in [7, 11) is 3.52. The molecule has 122 valence electrons. The molecule has 0 aromatic carbocycles. The van der Waals surface area contributed by atoms with Gasteiger partial charge in [-0.25, -0.2) is 0 Å². The summed E-state index contributed by atoms with van der Waals surface area (Å²) in [5.74, 6) is 0.697. The molecular formula is C16H36N2O2. The molecule has 0 heterocycles. The first-order valence-corrected chi connectivity index (χ1v) is 7.75. The Kier molecular flexibility index (Phi) is 10.5. The summed E-state index contributed by atoms with van der Waals surface area (Å²) in [6.45, 7) is 17.0. The summed E-state index contributed by atoms with van der Waals surface area (Å²) in [6.07, 6.45) is 0. The first kappa shape index (κ1) is 19.8. The Balaban J connectivity index is 4.35. The van der Waals surface area contributed by atoms with Crippen LogP contribution >= 0.6 is 0 Å². The number of methoxy groups -OCH3 is 2. The maximum Gasteiger partial charge on any atom is 0.0615 e. The molecule has 0 saturated heterocycles. The molecule has 0 aliphatic heterocycles. The van der Waals surface area contributed by atoms with Crippen LogP contribution in [-0.4, -0.2) is 64.6 Å². The molecule has 0 spiro atoms. The third-order valence-corrected chi connectivity index (χ3v) is 3.40. The van der Waals surface area contributed by atoms with E-state index in [0.717, 1.165) is 39.4 Å². The van der Waals surface area contributed by atoms with E-state index in [2.05, 4.69) is 44.8 Å². The van der Waals surface area contributed by atoms with Crippen molar-refractivity contribution in [3.8, 4) is 0 Å². The second-order valence-electron chi connectivity index (χ2n) is 6.96. The highest BCUT2D eigenvalue weighted by Crippen LogP contribution is 2.18. The summed E-state index contributed by atoms with van der Waals surface area (Å²) in [4.78, 5) is 2.46. The van der Waals surface area contributed by atoms with Crippen LogP contribution in [0.3, 0.4) is 0 Å². The molecule has 0 aliphatic rings. The summed E-state index contributed by atoms with van der Waals surface area (Å²) < 4.78 is 10.5. The number of hydrogen-bond donors (Lipinski definition) is 1. The predicted molar refractivity (Wildman–Crippen MR) is 86.3 cm³/mol. The normalized spacial score (nSPS) is 14.2. The minimum absolute atomic E-state index is 0.241. The highest BCUT2D eigenvalue weighted by molar-refractivity contribution is 4.79. The molecule has 0 aromatic rings. The highest BCUT2D eigenvalue weighted by atomic mass is 16.5. The second kappa shape index (κ2) is 10.6. The summed E-state index contributed by atoms with van der Waals surface area (Å²) in [5.41, 5.74) is 0.241. The zero-order chi connectivity index (χ0) is 15.6. The van der Waals surface area contributed by atoms with E-state index in [1.165, 1.54) is 0 Å². The lowest BCUT2D eigenvalue weighted by atomic mass is 9.91. The fourth-order valence-corrected chi connectivity index (χ4v) is 2.32. The Hall–Kier alpha value is -0.160. The number of rotatable bonds is 12. The van der Waals surface area contributed by atoms with Gasteiger partial charge in [0.25, 0.3) is 0 Å². The number of nitrogens with zero attached hydrogens (tertiary/aromatic N) is 1. The van der Waals surface area contributed by atoms with Crippen molar-refractivity contribution in [3.63, 3.8) is 0 Å². The topological polar surface area (TPSA) is 33.7 Å². The summed E-state index contributed by atoms with van der Waals surface area (Å²) in [6, 6.07) is 0.416. The second-order valence-corrected chi connectivity index (χ2v) is 6.96. The van der Waals surface area contributed by atoms with E-state index < -0.39 is 0 Å². The van der Waals surface area contributed by atoms with Gasteiger partial charge in [-0.15, -0.1) is 0 Å². The third kappa shape index (κ3) is 9.70. The van der Waals surface area contributed by atoms with Crippen molar-refractivity contribution in [3.05, 3.63) is 0 Å². The van der Waals surface area contributed by atoms with Crippen LogP contribution in [0.1, 0.15) is 34.6 Å². The van der Waals surface area contributed by atoms with Crippen LogP contribution < -0.4 is 5.32 Å². The lowest BCUT2D eigenvalue weighted by Crippen LogP contribution is -2.47. The molecular weight excluding hydrogens is 252 g/mol. The van der Waals surface area contributed by atoms with Crippen molar-refractivity contribution in [1.82, 2.24) is 10.2 Å². The molecule has 0 aromatic heterocycles. The minimum Gasteiger partial charge on any atom is -0.383 e. The van der Waals surface area contributed by atoms with Gasteiger partial charge >= 0.3 is 0 Å². The van der Waals surface area contributed by atoms with Gasteiger partial charge in [0.1, 0.15) is 0 Å². The zero-order valence-electron chi connectivity index (χ0n) is 14.7. The van der Waals surface area contributed by atoms with Crippen LogP contribution in [0.4, 0.5) is 0 Å². The molecule has 4 nitrogen and oxygen atoms in total. The third-order valence-electron chi connectivity index (χ3n) is 3.40. The average molecular weight is 288 g/mol. The van der Waals surface area contributed by atoms with Crippen LogP contribution in [-0.2, 0) is 9.47 Å². The largest absolute Gasteiger partial charge is 0.383 e. The Morgan fingerprint density at radius 1 is 1.10 bits per heavy atom. The van der Waals surface area contributed by atoms with Gasteiger partial charge in [-0.2, -0.15) is 0 Å². The van der Waals surface area contributed by atoms with E-state index in [1.807, 2.05) is 0 Å². The summed E-state index contributed by atoms with van der Waals surface area (Å²) >= 11 is 0. The van der Waals surface area contributed by atoms with Crippen molar-refractivity contribution in [2.45, 2.75) is 40.7 Å². The fourth-order valence-electron chi connectivity index (χ4n) is 2.32. The van der Waals surface area contributed by atoms with Gasteiger partial charge in [-0.3, -0.25) is 4.90 Å². The number of ether oxygens (including phenoxy) is 2. The van der Waals surface area contributed by atoms with E-state index in [4.69, 9.17) is 9.47 Å². The first-order chi connectivity index (χ1) is 9.32. The zero-order valence-corrected chi connectivity index (χ0v) is 14.7. The monoisotopic (exact) mass is 288 g/mol. The molecule has 1 N–H and O–H groups in total. The molecule has 4 heteroatoms. The van der Waals surface area contributed by atoms with Crippen molar-refractivity contribution in [1.29, 1.82) is 0 Å². The van der Waals surface area contributed by atoms with Gasteiger partial charge < -0.3 is 14.8 Å². The molecule has 0 bridgehead atoms. The Labute approximate surface area is 126 Å². The molecule has 20 heavy (non-hydrogen) atoms. The molecule has 0 fully saturated rings. The summed E-state index contributed by atoms with van der Waals surface area (Å²) in [5, 5.41) is 3.57. The van der Waals surface area contributed by atoms with E-state index in [0.29, 0.717) is 12.0 Å². The SMILES string of the molecule is COCCN(CC(C)(C)CNCC(C)C)C(C)COC. The number of nitrogens with one attached hydrogen (secondary N) is 1. The smallest absolute Gasteiger partial charge is 0.0615 e. The van der Waals surface area contributed by atoms with Crippen molar-refractivity contribution in [2.24, 2.45) is 11.3 Å². The van der Waals surface area contributed by atoms with E-state index in [1.54, 1.807) is 14.2 Å². The van der Waals surface area contributed by atoms with Crippen molar-refractivity contribution >= 4 is 0 Å². The molecule has 1 atom stereocenters. The minimum atomic E-state index is 0.241. The van der Waals surface area contributed by atoms with E-state index >= 15 is 0 Å². The lowest BCUT2D eigenvalue weighted by molar-refractivity contribution is 0.0509. The van der Waals surface area contributed by atoms with Crippen LogP contribution in [0.2, 0.25) is 0 Å². The predicted octanol–water partition coefficient (Wildman–Crippen LogP) is 2.24. The molecule has 1 unspecified atom stereocenters. The maximum absolute atomic E-state index is 5.29. The van der Waals surface area contributed by atoms with Gasteiger partial charge in [-0.1, -0.05) is 27.7 Å². The average Bonchev–Trinajstić information content (AvgIpc) is 2.33. The fraction of sp³-hybridized carbons (Fsp3) is 1.00.